The molecule has 1 aliphatic heterocycles. The number of amides is 1. The Bertz CT molecular complexity index is 680. The van der Waals surface area contributed by atoms with Gasteiger partial charge in [0.25, 0.3) is 0 Å². The van der Waals surface area contributed by atoms with E-state index in [4.69, 9.17) is 16.3 Å². The summed E-state index contributed by atoms with van der Waals surface area (Å²) in [5.41, 5.74) is 2.18. The molecule has 0 N–H and O–H groups in total. The molecule has 3 nitrogen and oxygen atoms in total. The monoisotopic (exact) mass is 361 g/mol. The van der Waals surface area contributed by atoms with Gasteiger partial charge in [-0.2, -0.15) is 0 Å². The van der Waals surface area contributed by atoms with Crippen molar-refractivity contribution in [3.63, 3.8) is 0 Å². The highest BCUT2D eigenvalue weighted by Gasteiger charge is 2.31. The second-order valence-corrected chi connectivity index (χ2v) is 7.13. The van der Waals surface area contributed by atoms with Gasteiger partial charge in [0.1, 0.15) is 17.7 Å². The minimum Gasteiger partial charge on any atom is -0.489 e. The number of hydrogen-bond acceptors (Lipinski definition) is 3. The van der Waals surface area contributed by atoms with E-state index in [0.29, 0.717) is 18.9 Å². The number of benzene rings is 2. The summed E-state index contributed by atoms with van der Waals surface area (Å²) in [5.74, 6) is 2.24. The summed E-state index contributed by atoms with van der Waals surface area (Å²) < 4.78 is 6.05. The van der Waals surface area contributed by atoms with Gasteiger partial charge in [0, 0.05) is 30.2 Å². The van der Waals surface area contributed by atoms with Crippen LogP contribution in [0.3, 0.4) is 0 Å². The maximum atomic E-state index is 12.3. The molecule has 24 heavy (non-hydrogen) atoms. The Morgan fingerprint density at radius 2 is 1.92 bits per heavy atom. The highest BCUT2D eigenvalue weighted by molar-refractivity contribution is 7.99. The van der Waals surface area contributed by atoms with Crippen molar-refractivity contribution in [1.29, 1.82) is 0 Å². The van der Waals surface area contributed by atoms with Crippen LogP contribution in [-0.4, -0.2) is 29.0 Å². The first kappa shape index (κ1) is 17.2. The average Bonchev–Trinajstić information content (AvgIpc) is 3.11. The van der Waals surface area contributed by atoms with Gasteiger partial charge in [-0.3, -0.25) is 4.79 Å². The van der Waals surface area contributed by atoms with E-state index in [2.05, 4.69) is 0 Å². The molecular weight excluding hydrogens is 342 g/mol. The summed E-state index contributed by atoms with van der Waals surface area (Å²) in [6.45, 7) is 1.28. The maximum Gasteiger partial charge on any atom is 0.224 e. The smallest absolute Gasteiger partial charge is 0.224 e. The van der Waals surface area contributed by atoms with E-state index in [-0.39, 0.29) is 11.3 Å². The van der Waals surface area contributed by atoms with Crippen LogP contribution in [0.4, 0.5) is 0 Å². The van der Waals surface area contributed by atoms with Gasteiger partial charge < -0.3 is 9.64 Å². The molecule has 1 heterocycles. The second kappa shape index (κ2) is 8.45. The molecule has 0 radical (unpaired) electrons. The molecule has 0 saturated carbocycles. The summed E-state index contributed by atoms with van der Waals surface area (Å²) in [4.78, 5) is 14.2. The summed E-state index contributed by atoms with van der Waals surface area (Å²) in [6, 6.07) is 18.1. The van der Waals surface area contributed by atoms with Crippen molar-refractivity contribution in [2.24, 2.45) is 0 Å². The third-order valence-corrected chi connectivity index (χ3v) is 5.37. The summed E-state index contributed by atoms with van der Waals surface area (Å²) in [6.07, 6.45) is 0.381. The van der Waals surface area contributed by atoms with E-state index in [1.165, 1.54) is 0 Å². The molecular formula is C19H20ClNO2S. The minimum atomic E-state index is 0.00712. The predicted molar refractivity (Wildman–Crippen MR) is 99.5 cm³/mol. The number of halogens is 1. The molecule has 0 bridgehead atoms. The first-order valence-electron chi connectivity index (χ1n) is 8.02. The molecule has 1 atom stereocenters. The van der Waals surface area contributed by atoms with Crippen LogP contribution in [0.5, 0.6) is 5.75 Å². The number of ether oxygens (including phenoxy) is 1. The summed E-state index contributed by atoms with van der Waals surface area (Å²) >= 11 is 7.51. The van der Waals surface area contributed by atoms with Crippen LogP contribution in [0.1, 0.15) is 22.9 Å². The third-order valence-electron chi connectivity index (χ3n) is 3.94. The van der Waals surface area contributed by atoms with E-state index in [0.717, 1.165) is 29.2 Å². The van der Waals surface area contributed by atoms with Gasteiger partial charge in [0.2, 0.25) is 5.91 Å². The van der Waals surface area contributed by atoms with Crippen molar-refractivity contribution < 1.29 is 9.53 Å². The Balaban J connectivity index is 1.77. The topological polar surface area (TPSA) is 29.5 Å². The lowest BCUT2D eigenvalue weighted by atomic mass is 10.1. The molecule has 1 saturated heterocycles. The molecule has 0 spiro atoms. The fourth-order valence-corrected chi connectivity index (χ4v) is 4.22. The number of carbonyl (C=O) groups excluding carboxylic acids is 1. The number of thioether (sulfide) groups is 1. The van der Waals surface area contributed by atoms with Gasteiger partial charge in [-0.25, -0.2) is 0 Å². The van der Waals surface area contributed by atoms with Crippen LogP contribution >= 0.6 is 23.4 Å². The number of alkyl halides is 1. The van der Waals surface area contributed by atoms with Gasteiger partial charge in [-0.1, -0.05) is 48.5 Å². The Hall–Kier alpha value is -1.65. The average molecular weight is 362 g/mol. The first-order chi connectivity index (χ1) is 11.8. The van der Waals surface area contributed by atoms with E-state index < -0.39 is 0 Å². The largest absolute Gasteiger partial charge is 0.489 e. The molecule has 5 heteroatoms. The van der Waals surface area contributed by atoms with Crippen molar-refractivity contribution in [2.75, 3.05) is 18.2 Å². The zero-order valence-corrected chi connectivity index (χ0v) is 14.9. The van der Waals surface area contributed by atoms with Crippen molar-refractivity contribution in [3.05, 3.63) is 65.7 Å². The summed E-state index contributed by atoms with van der Waals surface area (Å²) in [5, 5.41) is 0.00712. The van der Waals surface area contributed by atoms with Crippen LogP contribution in [0.15, 0.2) is 54.6 Å². The van der Waals surface area contributed by atoms with Gasteiger partial charge in [0.05, 0.1) is 0 Å². The standard InChI is InChI=1S/C19H20ClNO2S/c20-11-10-18(22)21-12-13-24-19(21)16-8-4-5-9-17(16)23-14-15-6-2-1-3-7-15/h1-9,19H,10-14H2. The molecule has 2 aromatic carbocycles. The molecule has 1 amide bonds. The Morgan fingerprint density at radius 3 is 2.71 bits per heavy atom. The van der Waals surface area contributed by atoms with Crippen molar-refractivity contribution in [2.45, 2.75) is 18.4 Å². The van der Waals surface area contributed by atoms with Crippen LogP contribution in [0.25, 0.3) is 0 Å². The van der Waals surface area contributed by atoms with Crippen molar-refractivity contribution >= 4 is 29.3 Å². The fraction of sp³-hybridized carbons (Fsp3) is 0.316. The Morgan fingerprint density at radius 1 is 1.17 bits per heavy atom. The zero-order valence-electron chi connectivity index (χ0n) is 13.4. The second-order valence-electron chi connectivity index (χ2n) is 5.56. The lowest BCUT2D eigenvalue weighted by Crippen LogP contribution is -2.30. The molecule has 0 aliphatic carbocycles. The Labute approximate surface area is 151 Å². The van der Waals surface area contributed by atoms with Crippen LogP contribution in [-0.2, 0) is 11.4 Å². The number of carbonyl (C=O) groups is 1. The number of hydrogen-bond donors (Lipinski definition) is 0. The van der Waals surface area contributed by atoms with Crippen LogP contribution in [0, 0.1) is 0 Å². The van der Waals surface area contributed by atoms with E-state index in [9.17, 15) is 4.79 Å². The van der Waals surface area contributed by atoms with Crippen LogP contribution < -0.4 is 4.74 Å². The molecule has 0 aromatic heterocycles. The highest BCUT2D eigenvalue weighted by atomic mass is 35.5. The molecule has 126 valence electrons. The van der Waals surface area contributed by atoms with E-state index >= 15 is 0 Å². The predicted octanol–water partition coefficient (Wildman–Crippen LogP) is 4.47. The fourth-order valence-electron chi connectivity index (χ4n) is 2.76. The number of para-hydroxylation sites is 1. The SMILES string of the molecule is O=C(CCCl)N1CCSC1c1ccccc1OCc1ccccc1. The summed E-state index contributed by atoms with van der Waals surface area (Å²) in [7, 11) is 0. The molecule has 1 fully saturated rings. The lowest BCUT2D eigenvalue weighted by molar-refractivity contribution is -0.130. The molecule has 1 unspecified atom stereocenters. The van der Waals surface area contributed by atoms with Gasteiger partial charge in [-0.15, -0.1) is 23.4 Å². The maximum absolute atomic E-state index is 12.3. The quantitative estimate of drug-likeness (QED) is 0.711. The van der Waals surface area contributed by atoms with Crippen molar-refractivity contribution in [1.82, 2.24) is 4.90 Å². The molecule has 2 aromatic rings. The first-order valence-corrected chi connectivity index (χ1v) is 9.60. The highest BCUT2D eigenvalue weighted by Crippen LogP contribution is 2.42. The van der Waals surface area contributed by atoms with Gasteiger partial charge >= 0.3 is 0 Å². The minimum absolute atomic E-state index is 0.00712. The van der Waals surface area contributed by atoms with E-state index in [1.54, 1.807) is 11.8 Å². The molecule has 1 aliphatic rings. The Kier molecular flexibility index (Phi) is 6.05. The van der Waals surface area contributed by atoms with Gasteiger partial charge in [-0.05, 0) is 11.6 Å². The molecule has 3 rings (SSSR count). The third kappa shape index (κ3) is 4.05. The number of nitrogens with zero attached hydrogens (tertiary/aromatic N) is 1. The van der Waals surface area contributed by atoms with Gasteiger partial charge in [0.15, 0.2) is 0 Å². The number of rotatable bonds is 6. The van der Waals surface area contributed by atoms with Crippen LogP contribution in [0.2, 0.25) is 0 Å². The van der Waals surface area contributed by atoms with Crippen molar-refractivity contribution in [3.8, 4) is 5.75 Å². The zero-order chi connectivity index (χ0) is 16.8. The lowest BCUT2D eigenvalue weighted by Gasteiger charge is -2.25. The van der Waals surface area contributed by atoms with E-state index in [1.807, 2.05) is 59.5 Å². The normalized spacial score (nSPS) is 17.0.